The van der Waals surface area contributed by atoms with Crippen molar-refractivity contribution in [1.82, 2.24) is 14.8 Å². The zero-order valence-corrected chi connectivity index (χ0v) is 15.4. The predicted octanol–water partition coefficient (Wildman–Crippen LogP) is 3.69. The first-order valence-corrected chi connectivity index (χ1v) is 9.23. The SMILES string of the molecule is Cc1ccc([C@H](C)C(=O)Nc2nc3c(s2)CCc2c-3cnn2C)cc1. The summed E-state index contributed by atoms with van der Waals surface area (Å²) in [6.45, 7) is 3.97. The molecule has 1 atom stereocenters. The average Bonchev–Trinajstić information content (AvgIpc) is 3.18. The van der Waals surface area contributed by atoms with Crippen LogP contribution in [0.2, 0.25) is 0 Å². The fraction of sp³-hybridized carbons (Fsp3) is 0.316. The molecule has 2 aromatic heterocycles. The second-order valence-electron chi connectivity index (χ2n) is 6.54. The van der Waals surface area contributed by atoms with Gasteiger partial charge in [0, 0.05) is 23.2 Å². The highest BCUT2D eigenvalue weighted by atomic mass is 32.1. The van der Waals surface area contributed by atoms with Crippen LogP contribution in [0.3, 0.4) is 0 Å². The highest BCUT2D eigenvalue weighted by molar-refractivity contribution is 7.16. The Balaban J connectivity index is 1.55. The molecule has 1 amide bonds. The number of nitrogens with zero attached hydrogens (tertiary/aromatic N) is 3. The van der Waals surface area contributed by atoms with Crippen molar-refractivity contribution in [3.63, 3.8) is 0 Å². The van der Waals surface area contributed by atoms with Crippen molar-refractivity contribution in [2.45, 2.75) is 32.6 Å². The lowest BCUT2D eigenvalue weighted by Gasteiger charge is -2.11. The minimum absolute atomic E-state index is 0.0265. The summed E-state index contributed by atoms with van der Waals surface area (Å²) in [6.07, 6.45) is 3.78. The van der Waals surface area contributed by atoms with E-state index in [-0.39, 0.29) is 11.8 Å². The molecule has 5 nitrogen and oxygen atoms in total. The second-order valence-corrected chi connectivity index (χ2v) is 7.62. The van der Waals surface area contributed by atoms with Gasteiger partial charge in [0.05, 0.1) is 17.8 Å². The van der Waals surface area contributed by atoms with Gasteiger partial charge >= 0.3 is 0 Å². The van der Waals surface area contributed by atoms with Crippen LogP contribution in [0, 0.1) is 6.92 Å². The van der Waals surface area contributed by atoms with E-state index in [0.29, 0.717) is 5.13 Å². The van der Waals surface area contributed by atoms with Crippen LogP contribution in [0.1, 0.15) is 34.5 Å². The third-order valence-corrected chi connectivity index (χ3v) is 5.83. The van der Waals surface area contributed by atoms with Crippen molar-refractivity contribution in [3.8, 4) is 11.3 Å². The number of rotatable bonds is 3. The first-order valence-electron chi connectivity index (χ1n) is 8.41. The van der Waals surface area contributed by atoms with Gasteiger partial charge in [-0.05, 0) is 32.3 Å². The number of nitrogens with one attached hydrogen (secondary N) is 1. The van der Waals surface area contributed by atoms with Crippen molar-refractivity contribution < 1.29 is 4.79 Å². The summed E-state index contributed by atoms with van der Waals surface area (Å²) in [7, 11) is 1.96. The van der Waals surface area contributed by atoms with Crippen molar-refractivity contribution in [1.29, 1.82) is 0 Å². The van der Waals surface area contributed by atoms with Gasteiger partial charge in [-0.1, -0.05) is 29.8 Å². The van der Waals surface area contributed by atoms with Gasteiger partial charge in [0.2, 0.25) is 5.91 Å². The molecule has 0 aliphatic heterocycles. The maximum Gasteiger partial charge on any atom is 0.233 e. The number of amides is 1. The third kappa shape index (κ3) is 2.87. The highest BCUT2D eigenvalue weighted by Gasteiger charge is 2.25. The molecule has 0 bridgehead atoms. The van der Waals surface area contributed by atoms with Crippen molar-refractivity contribution in [2.24, 2.45) is 7.05 Å². The molecule has 25 heavy (non-hydrogen) atoms. The average molecular weight is 352 g/mol. The topological polar surface area (TPSA) is 59.8 Å². The first-order chi connectivity index (χ1) is 12.0. The number of carbonyl (C=O) groups excluding carboxylic acids is 1. The molecule has 0 fully saturated rings. The maximum atomic E-state index is 12.6. The van der Waals surface area contributed by atoms with E-state index in [0.717, 1.165) is 29.7 Å². The van der Waals surface area contributed by atoms with Crippen molar-refractivity contribution >= 4 is 22.4 Å². The van der Waals surface area contributed by atoms with E-state index in [4.69, 9.17) is 0 Å². The van der Waals surface area contributed by atoms with E-state index in [1.165, 1.54) is 16.1 Å². The highest BCUT2D eigenvalue weighted by Crippen LogP contribution is 2.38. The number of aryl methyl sites for hydroxylation is 3. The van der Waals surface area contributed by atoms with Gasteiger partial charge in [0.25, 0.3) is 0 Å². The molecular formula is C19H20N4OS. The van der Waals surface area contributed by atoms with E-state index >= 15 is 0 Å². The third-order valence-electron chi connectivity index (χ3n) is 4.80. The molecule has 0 spiro atoms. The van der Waals surface area contributed by atoms with E-state index in [1.807, 2.05) is 56.0 Å². The molecule has 2 heterocycles. The lowest BCUT2D eigenvalue weighted by atomic mass is 9.99. The molecule has 0 radical (unpaired) electrons. The van der Waals surface area contributed by atoms with Gasteiger partial charge in [0.1, 0.15) is 0 Å². The summed E-state index contributed by atoms with van der Waals surface area (Å²) in [6, 6.07) is 8.08. The Hall–Kier alpha value is -2.47. The monoisotopic (exact) mass is 352 g/mol. The number of thiazole rings is 1. The summed E-state index contributed by atoms with van der Waals surface area (Å²) in [4.78, 5) is 18.5. The Labute approximate surface area is 150 Å². The maximum absolute atomic E-state index is 12.6. The summed E-state index contributed by atoms with van der Waals surface area (Å²) in [5.74, 6) is -0.239. The van der Waals surface area contributed by atoms with Crippen LogP contribution in [-0.4, -0.2) is 20.7 Å². The molecule has 1 aliphatic carbocycles. The lowest BCUT2D eigenvalue weighted by molar-refractivity contribution is -0.117. The van der Waals surface area contributed by atoms with Crippen LogP contribution >= 0.6 is 11.3 Å². The Morgan fingerprint density at radius 3 is 2.80 bits per heavy atom. The Kier molecular flexibility index (Phi) is 3.92. The number of hydrogen-bond donors (Lipinski definition) is 1. The van der Waals surface area contributed by atoms with Gasteiger partial charge in [-0.25, -0.2) is 4.98 Å². The van der Waals surface area contributed by atoms with E-state index in [1.54, 1.807) is 11.3 Å². The molecule has 1 aromatic carbocycles. The Morgan fingerprint density at radius 1 is 1.28 bits per heavy atom. The standard InChI is InChI=1S/C19H20N4OS/c1-11-4-6-13(7-5-11)12(2)18(24)22-19-21-17-14-10-20-23(3)15(14)8-9-16(17)25-19/h4-7,10,12H,8-9H2,1-3H3,(H,21,22,24)/t12-/m0/s1. The summed E-state index contributed by atoms with van der Waals surface area (Å²) < 4.78 is 1.91. The quantitative estimate of drug-likeness (QED) is 0.782. The zero-order valence-electron chi connectivity index (χ0n) is 14.5. The molecular weight excluding hydrogens is 332 g/mol. The first kappa shape index (κ1) is 16.0. The molecule has 1 N–H and O–H groups in total. The van der Waals surface area contributed by atoms with Crippen LogP contribution in [0.25, 0.3) is 11.3 Å². The minimum Gasteiger partial charge on any atom is -0.301 e. The summed E-state index contributed by atoms with van der Waals surface area (Å²) in [5.41, 5.74) is 5.48. The van der Waals surface area contributed by atoms with Gasteiger partial charge < -0.3 is 5.32 Å². The van der Waals surface area contributed by atoms with E-state index in [2.05, 4.69) is 15.4 Å². The summed E-state index contributed by atoms with van der Waals surface area (Å²) >= 11 is 1.57. The van der Waals surface area contributed by atoms with Gasteiger partial charge in [-0.2, -0.15) is 5.10 Å². The molecule has 128 valence electrons. The Bertz CT molecular complexity index is 939. The largest absolute Gasteiger partial charge is 0.301 e. The van der Waals surface area contributed by atoms with Gasteiger partial charge in [-0.3, -0.25) is 9.48 Å². The molecule has 0 saturated heterocycles. The Morgan fingerprint density at radius 2 is 2.04 bits per heavy atom. The van der Waals surface area contributed by atoms with Crippen LogP contribution in [-0.2, 0) is 24.7 Å². The van der Waals surface area contributed by atoms with E-state index in [9.17, 15) is 4.79 Å². The fourth-order valence-corrected chi connectivity index (χ4v) is 4.17. The normalized spacial score (nSPS) is 13.9. The van der Waals surface area contributed by atoms with Crippen molar-refractivity contribution in [2.75, 3.05) is 5.32 Å². The van der Waals surface area contributed by atoms with Crippen molar-refractivity contribution in [3.05, 3.63) is 52.2 Å². The van der Waals surface area contributed by atoms with Crippen LogP contribution in [0.4, 0.5) is 5.13 Å². The summed E-state index contributed by atoms with van der Waals surface area (Å²) in [5, 5.41) is 8.00. The fourth-order valence-electron chi connectivity index (χ4n) is 3.19. The number of aromatic nitrogens is 3. The smallest absolute Gasteiger partial charge is 0.233 e. The number of hydrogen-bond acceptors (Lipinski definition) is 4. The number of benzene rings is 1. The molecule has 4 rings (SSSR count). The number of anilines is 1. The molecule has 1 aliphatic rings. The number of fused-ring (bicyclic) bond motifs is 3. The molecule has 6 heteroatoms. The van der Waals surface area contributed by atoms with Crippen LogP contribution in [0.5, 0.6) is 0 Å². The zero-order chi connectivity index (χ0) is 17.6. The van der Waals surface area contributed by atoms with Gasteiger partial charge in [0.15, 0.2) is 5.13 Å². The van der Waals surface area contributed by atoms with Crippen LogP contribution < -0.4 is 5.32 Å². The molecule has 3 aromatic rings. The second kappa shape index (κ2) is 6.11. The number of carbonyl (C=O) groups is 1. The van der Waals surface area contributed by atoms with Gasteiger partial charge in [-0.15, -0.1) is 11.3 Å². The minimum atomic E-state index is -0.213. The predicted molar refractivity (Wildman–Crippen MR) is 99.9 cm³/mol. The van der Waals surface area contributed by atoms with E-state index < -0.39 is 0 Å². The molecule has 0 saturated carbocycles. The van der Waals surface area contributed by atoms with Crippen LogP contribution in [0.15, 0.2) is 30.5 Å². The molecule has 0 unspecified atom stereocenters. The lowest BCUT2D eigenvalue weighted by Crippen LogP contribution is -2.18.